The van der Waals surface area contributed by atoms with Gasteiger partial charge in [-0.05, 0) is 50.1 Å². The van der Waals surface area contributed by atoms with Crippen molar-refractivity contribution in [2.75, 3.05) is 16.8 Å². The van der Waals surface area contributed by atoms with Gasteiger partial charge in [0.2, 0.25) is 5.91 Å². The second-order valence-electron chi connectivity index (χ2n) is 6.72. The van der Waals surface area contributed by atoms with Gasteiger partial charge in [0.05, 0.1) is 12.1 Å². The number of nitrogens with zero attached hydrogens (tertiary/aromatic N) is 2. The second-order valence-corrected chi connectivity index (χ2v) is 6.72. The van der Waals surface area contributed by atoms with Gasteiger partial charge in [-0.15, -0.1) is 0 Å². The van der Waals surface area contributed by atoms with E-state index in [4.69, 9.17) is 4.52 Å². The highest BCUT2D eigenvalue weighted by Crippen LogP contribution is 2.19. The van der Waals surface area contributed by atoms with Crippen molar-refractivity contribution < 1.29 is 14.1 Å². The van der Waals surface area contributed by atoms with Gasteiger partial charge in [-0.1, -0.05) is 42.4 Å². The molecule has 1 heterocycles. The summed E-state index contributed by atoms with van der Waals surface area (Å²) in [6.45, 7) is 6.21. The first-order valence-electron chi connectivity index (χ1n) is 9.74. The molecule has 1 aromatic heterocycles. The predicted octanol–water partition coefficient (Wildman–Crippen LogP) is 4.39. The van der Waals surface area contributed by atoms with E-state index < -0.39 is 0 Å². The molecule has 0 aliphatic heterocycles. The van der Waals surface area contributed by atoms with Crippen molar-refractivity contribution in [1.82, 2.24) is 5.16 Å². The number of benzene rings is 2. The van der Waals surface area contributed by atoms with Crippen LogP contribution >= 0.6 is 0 Å². The molecule has 0 aliphatic carbocycles. The molecule has 1 N–H and O–H groups in total. The van der Waals surface area contributed by atoms with Crippen molar-refractivity contribution in [3.63, 3.8) is 0 Å². The SMILES string of the molecule is CCc1noc(C)c1C(=O)Nc1ccc(CC(=O)N(CC)c2ccccc2)cc1. The number of hydrogen-bond donors (Lipinski definition) is 1. The van der Waals surface area contributed by atoms with E-state index in [1.807, 2.05) is 56.3 Å². The Hall–Kier alpha value is -3.41. The van der Waals surface area contributed by atoms with Crippen LogP contribution in [0.25, 0.3) is 0 Å². The van der Waals surface area contributed by atoms with Crippen molar-refractivity contribution >= 4 is 23.2 Å². The van der Waals surface area contributed by atoms with Crippen LogP contribution in [0.3, 0.4) is 0 Å². The molecule has 2 aromatic carbocycles. The van der Waals surface area contributed by atoms with Crippen molar-refractivity contribution in [3.8, 4) is 0 Å². The summed E-state index contributed by atoms with van der Waals surface area (Å²) in [6, 6.07) is 16.9. The normalized spacial score (nSPS) is 10.6. The van der Waals surface area contributed by atoms with Crippen LogP contribution in [0.4, 0.5) is 11.4 Å². The summed E-state index contributed by atoms with van der Waals surface area (Å²) in [5.74, 6) is 0.288. The summed E-state index contributed by atoms with van der Waals surface area (Å²) in [5, 5.41) is 6.78. The van der Waals surface area contributed by atoms with Crippen LogP contribution in [0.2, 0.25) is 0 Å². The lowest BCUT2D eigenvalue weighted by Crippen LogP contribution is -2.31. The van der Waals surface area contributed by atoms with E-state index in [0.717, 1.165) is 11.3 Å². The van der Waals surface area contributed by atoms with E-state index in [1.54, 1.807) is 24.0 Å². The minimum atomic E-state index is -0.245. The number of nitrogens with one attached hydrogen (secondary N) is 1. The molecule has 29 heavy (non-hydrogen) atoms. The number of aromatic nitrogens is 1. The molecule has 150 valence electrons. The molecule has 6 heteroatoms. The molecule has 3 aromatic rings. The topological polar surface area (TPSA) is 75.4 Å². The standard InChI is InChI=1S/C23H25N3O3/c1-4-20-22(16(3)29-25-20)23(28)24-18-13-11-17(12-14-18)15-21(27)26(5-2)19-9-7-6-8-10-19/h6-14H,4-5,15H2,1-3H3,(H,24,28). The van der Waals surface area contributed by atoms with E-state index >= 15 is 0 Å². The molecule has 0 unspecified atom stereocenters. The van der Waals surface area contributed by atoms with Crippen LogP contribution < -0.4 is 10.2 Å². The predicted molar refractivity (Wildman–Crippen MR) is 113 cm³/mol. The summed E-state index contributed by atoms with van der Waals surface area (Å²) in [6.07, 6.45) is 0.915. The highest BCUT2D eigenvalue weighted by Gasteiger charge is 2.19. The molecule has 0 radical (unpaired) electrons. The van der Waals surface area contributed by atoms with E-state index in [-0.39, 0.29) is 11.8 Å². The molecule has 0 saturated heterocycles. The maximum atomic E-state index is 12.7. The molecule has 0 saturated carbocycles. The minimum Gasteiger partial charge on any atom is -0.361 e. The van der Waals surface area contributed by atoms with Crippen molar-refractivity contribution in [1.29, 1.82) is 0 Å². The first-order chi connectivity index (χ1) is 14.0. The van der Waals surface area contributed by atoms with Crippen molar-refractivity contribution in [2.24, 2.45) is 0 Å². The average Bonchev–Trinajstić information content (AvgIpc) is 3.11. The Morgan fingerprint density at radius 3 is 2.34 bits per heavy atom. The fraction of sp³-hybridized carbons (Fsp3) is 0.261. The molecule has 0 fully saturated rings. The number of amides is 2. The Balaban J connectivity index is 1.66. The van der Waals surface area contributed by atoms with Gasteiger partial charge in [0.1, 0.15) is 11.3 Å². The van der Waals surface area contributed by atoms with E-state index in [0.29, 0.717) is 42.1 Å². The third-order valence-corrected chi connectivity index (χ3v) is 4.75. The Kier molecular flexibility index (Phi) is 6.44. The lowest BCUT2D eigenvalue weighted by atomic mass is 10.1. The molecular weight excluding hydrogens is 366 g/mol. The number of likely N-dealkylation sites (N-methyl/N-ethyl adjacent to an activating group) is 1. The van der Waals surface area contributed by atoms with Crippen LogP contribution in [0.5, 0.6) is 0 Å². The zero-order valence-corrected chi connectivity index (χ0v) is 16.9. The lowest BCUT2D eigenvalue weighted by molar-refractivity contribution is -0.117. The molecule has 0 aliphatic rings. The van der Waals surface area contributed by atoms with E-state index in [2.05, 4.69) is 10.5 Å². The third-order valence-electron chi connectivity index (χ3n) is 4.75. The van der Waals surface area contributed by atoms with Gasteiger partial charge in [0.15, 0.2) is 0 Å². The molecule has 2 amide bonds. The number of anilines is 2. The molecule has 0 bridgehead atoms. The molecule has 0 spiro atoms. The third kappa shape index (κ3) is 4.71. The van der Waals surface area contributed by atoms with Gasteiger partial charge in [0.25, 0.3) is 5.91 Å². The monoisotopic (exact) mass is 391 g/mol. The van der Waals surface area contributed by atoms with Crippen LogP contribution in [0.15, 0.2) is 59.1 Å². The number of carbonyl (C=O) groups is 2. The van der Waals surface area contributed by atoms with Crippen molar-refractivity contribution in [3.05, 3.63) is 77.2 Å². The zero-order chi connectivity index (χ0) is 20.8. The quantitative estimate of drug-likeness (QED) is 0.648. The molecule has 0 atom stereocenters. The number of carbonyl (C=O) groups excluding carboxylic acids is 2. The summed E-state index contributed by atoms with van der Waals surface area (Å²) in [4.78, 5) is 27.0. The van der Waals surface area contributed by atoms with E-state index in [1.165, 1.54) is 0 Å². The summed E-state index contributed by atoms with van der Waals surface area (Å²) >= 11 is 0. The first kappa shape index (κ1) is 20.3. The fourth-order valence-corrected chi connectivity index (χ4v) is 3.23. The van der Waals surface area contributed by atoms with Gasteiger partial charge in [-0.25, -0.2) is 0 Å². The van der Waals surface area contributed by atoms with Crippen LogP contribution in [-0.2, 0) is 17.6 Å². The van der Waals surface area contributed by atoms with Gasteiger partial charge >= 0.3 is 0 Å². The highest BCUT2D eigenvalue weighted by atomic mass is 16.5. The lowest BCUT2D eigenvalue weighted by Gasteiger charge is -2.21. The number of hydrogen-bond acceptors (Lipinski definition) is 4. The van der Waals surface area contributed by atoms with Crippen LogP contribution in [0, 0.1) is 6.92 Å². The highest BCUT2D eigenvalue weighted by molar-refractivity contribution is 6.05. The Morgan fingerprint density at radius 1 is 1.03 bits per heavy atom. The zero-order valence-electron chi connectivity index (χ0n) is 16.9. The van der Waals surface area contributed by atoms with Crippen molar-refractivity contribution in [2.45, 2.75) is 33.6 Å². The Morgan fingerprint density at radius 2 is 1.72 bits per heavy atom. The molecular formula is C23H25N3O3. The Bertz CT molecular complexity index is 978. The summed E-state index contributed by atoms with van der Waals surface area (Å²) < 4.78 is 5.12. The largest absolute Gasteiger partial charge is 0.361 e. The summed E-state index contributed by atoms with van der Waals surface area (Å²) in [7, 11) is 0. The average molecular weight is 391 g/mol. The molecule has 6 nitrogen and oxygen atoms in total. The summed E-state index contributed by atoms with van der Waals surface area (Å²) in [5.41, 5.74) is 3.55. The first-order valence-corrected chi connectivity index (χ1v) is 9.74. The maximum Gasteiger partial charge on any atom is 0.261 e. The molecule has 3 rings (SSSR count). The maximum absolute atomic E-state index is 12.7. The van der Waals surface area contributed by atoms with Crippen LogP contribution in [0.1, 0.15) is 41.2 Å². The number of para-hydroxylation sites is 1. The second kappa shape index (κ2) is 9.19. The van der Waals surface area contributed by atoms with Crippen LogP contribution in [-0.4, -0.2) is 23.5 Å². The van der Waals surface area contributed by atoms with Gasteiger partial charge in [-0.3, -0.25) is 9.59 Å². The number of rotatable bonds is 7. The van der Waals surface area contributed by atoms with Gasteiger partial charge < -0.3 is 14.7 Å². The smallest absolute Gasteiger partial charge is 0.261 e. The minimum absolute atomic E-state index is 0.0307. The van der Waals surface area contributed by atoms with Gasteiger partial charge in [0, 0.05) is 17.9 Å². The Labute approximate surface area is 170 Å². The fourth-order valence-electron chi connectivity index (χ4n) is 3.23. The number of aryl methyl sites for hydroxylation is 2. The van der Waals surface area contributed by atoms with E-state index in [9.17, 15) is 9.59 Å². The van der Waals surface area contributed by atoms with Gasteiger partial charge in [-0.2, -0.15) is 0 Å².